The summed E-state index contributed by atoms with van der Waals surface area (Å²) in [6.07, 6.45) is 5.22. The zero-order chi connectivity index (χ0) is 16.5. The van der Waals surface area contributed by atoms with Crippen molar-refractivity contribution in [2.24, 2.45) is 10.9 Å². The predicted molar refractivity (Wildman–Crippen MR) is 113 cm³/mol. The fourth-order valence-electron chi connectivity index (χ4n) is 2.69. The summed E-state index contributed by atoms with van der Waals surface area (Å²) < 4.78 is 0. The Morgan fingerprint density at radius 3 is 2.71 bits per heavy atom. The van der Waals surface area contributed by atoms with Gasteiger partial charge in [0.05, 0.1) is 0 Å². The van der Waals surface area contributed by atoms with Crippen LogP contribution in [0, 0.1) is 5.92 Å². The molecule has 2 rings (SSSR count). The molecule has 1 fully saturated rings. The molecule has 0 bridgehead atoms. The normalized spacial score (nSPS) is 16.5. The van der Waals surface area contributed by atoms with Gasteiger partial charge in [0.2, 0.25) is 0 Å². The van der Waals surface area contributed by atoms with Crippen molar-refractivity contribution in [3.05, 3.63) is 29.0 Å². The third kappa shape index (κ3) is 7.98. The number of likely N-dealkylation sites (tertiary alicyclic amines) is 1. The molecule has 1 aromatic rings. The second-order valence-corrected chi connectivity index (χ2v) is 6.52. The van der Waals surface area contributed by atoms with E-state index in [1.54, 1.807) is 0 Å². The maximum atomic E-state index is 5.80. The van der Waals surface area contributed by atoms with Gasteiger partial charge in [0, 0.05) is 25.8 Å². The molecule has 0 saturated carbocycles. The smallest absolute Gasteiger partial charge is 0.191 e. The highest BCUT2D eigenvalue weighted by atomic mass is 127. The highest BCUT2D eigenvalue weighted by Gasteiger charge is 2.16. The molecule has 0 radical (unpaired) electrons. The molecule has 7 heteroatoms. The summed E-state index contributed by atoms with van der Waals surface area (Å²) >= 11 is 5.80. The van der Waals surface area contributed by atoms with Crippen LogP contribution in [0.1, 0.15) is 25.3 Å². The summed E-state index contributed by atoms with van der Waals surface area (Å²) in [7, 11) is 2.19. The van der Waals surface area contributed by atoms with Gasteiger partial charge < -0.3 is 15.5 Å². The predicted octanol–water partition coefficient (Wildman–Crippen LogP) is 2.79. The molecule has 0 aromatic carbocycles. The second kappa shape index (κ2) is 11.9. The molecular formula is C17H29ClIN5. The zero-order valence-corrected chi connectivity index (χ0v) is 17.7. The van der Waals surface area contributed by atoms with E-state index in [4.69, 9.17) is 16.6 Å². The first-order valence-corrected chi connectivity index (χ1v) is 8.86. The van der Waals surface area contributed by atoms with E-state index in [2.05, 4.69) is 34.5 Å². The van der Waals surface area contributed by atoms with Gasteiger partial charge in [-0.3, -0.25) is 4.99 Å². The minimum Gasteiger partial charge on any atom is -0.357 e. The van der Waals surface area contributed by atoms with Crippen LogP contribution >= 0.6 is 35.6 Å². The second-order valence-electron chi connectivity index (χ2n) is 6.13. The van der Waals surface area contributed by atoms with Crippen molar-refractivity contribution in [1.29, 1.82) is 0 Å². The van der Waals surface area contributed by atoms with Crippen molar-refractivity contribution in [3.8, 4) is 0 Å². The van der Waals surface area contributed by atoms with Crippen LogP contribution in [0.2, 0.25) is 5.15 Å². The molecule has 0 atom stereocenters. The number of halogens is 2. The lowest BCUT2D eigenvalue weighted by Crippen LogP contribution is -2.39. The number of hydrogen-bond donors (Lipinski definition) is 2. The van der Waals surface area contributed by atoms with Crippen molar-refractivity contribution in [2.45, 2.75) is 26.2 Å². The fourth-order valence-corrected chi connectivity index (χ4v) is 2.80. The number of nitrogens with zero attached hydrogens (tertiary/aromatic N) is 3. The highest BCUT2D eigenvalue weighted by Crippen LogP contribution is 2.15. The number of hydrogen-bond acceptors (Lipinski definition) is 3. The largest absolute Gasteiger partial charge is 0.357 e. The third-order valence-electron chi connectivity index (χ3n) is 4.18. The van der Waals surface area contributed by atoms with E-state index in [1.807, 2.05) is 18.3 Å². The van der Waals surface area contributed by atoms with Crippen molar-refractivity contribution in [3.63, 3.8) is 0 Å². The fraction of sp³-hybridized carbons (Fsp3) is 0.647. The number of guanidine groups is 1. The Hall–Kier alpha value is -0.600. The first kappa shape index (κ1) is 21.4. The van der Waals surface area contributed by atoms with Gasteiger partial charge >= 0.3 is 0 Å². The average molecular weight is 466 g/mol. The Kier molecular flexibility index (Phi) is 10.6. The lowest BCUT2D eigenvalue weighted by atomic mass is 9.97. The van der Waals surface area contributed by atoms with E-state index >= 15 is 0 Å². The number of piperidine rings is 1. The van der Waals surface area contributed by atoms with Crippen LogP contribution in [-0.2, 0) is 6.42 Å². The van der Waals surface area contributed by atoms with Crippen LogP contribution in [0.15, 0.2) is 23.3 Å². The highest BCUT2D eigenvalue weighted by molar-refractivity contribution is 14.0. The number of rotatable bonds is 6. The van der Waals surface area contributed by atoms with Gasteiger partial charge in [0.25, 0.3) is 0 Å². The van der Waals surface area contributed by atoms with Crippen LogP contribution in [0.25, 0.3) is 0 Å². The Morgan fingerprint density at radius 2 is 2.08 bits per heavy atom. The molecular weight excluding hydrogens is 437 g/mol. The van der Waals surface area contributed by atoms with Gasteiger partial charge in [-0.25, -0.2) is 4.98 Å². The van der Waals surface area contributed by atoms with Crippen molar-refractivity contribution >= 4 is 41.5 Å². The molecule has 0 unspecified atom stereocenters. The molecule has 1 saturated heterocycles. The molecule has 136 valence electrons. The Balaban J connectivity index is 0.00000288. The Labute approximate surface area is 167 Å². The molecule has 2 N–H and O–H groups in total. The molecule has 1 aliphatic heterocycles. The van der Waals surface area contributed by atoms with Crippen molar-refractivity contribution in [1.82, 2.24) is 20.5 Å². The van der Waals surface area contributed by atoms with E-state index < -0.39 is 0 Å². The summed E-state index contributed by atoms with van der Waals surface area (Å²) in [5, 5.41) is 7.25. The average Bonchev–Trinajstić information content (AvgIpc) is 2.56. The summed E-state index contributed by atoms with van der Waals surface area (Å²) in [5.41, 5.74) is 1.17. The third-order valence-corrected chi connectivity index (χ3v) is 4.41. The number of nitrogens with one attached hydrogen (secondary N) is 2. The minimum absolute atomic E-state index is 0. The van der Waals surface area contributed by atoms with E-state index in [-0.39, 0.29) is 24.0 Å². The van der Waals surface area contributed by atoms with Gasteiger partial charge in [-0.15, -0.1) is 24.0 Å². The lowest BCUT2D eigenvalue weighted by Gasteiger charge is -2.28. The molecule has 24 heavy (non-hydrogen) atoms. The van der Waals surface area contributed by atoms with E-state index in [9.17, 15) is 0 Å². The maximum absolute atomic E-state index is 5.80. The van der Waals surface area contributed by atoms with E-state index in [1.165, 1.54) is 31.5 Å². The van der Waals surface area contributed by atoms with Gasteiger partial charge in [-0.1, -0.05) is 17.7 Å². The topological polar surface area (TPSA) is 52.6 Å². The van der Waals surface area contributed by atoms with E-state index in [0.29, 0.717) is 11.1 Å². The van der Waals surface area contributed by atoms with Crippen molar-refractivity contribution < 1.29 is 0 Å². The van der Waals surface area contributed by atoms with Gasteiger partial charge in [0.1, 0.15) is 5.15 Å². The van der Waals surface area contributed by atoms with Crippen LogP contribution in [0.5, 0.6) is 0 Å². The number of pyridine rings is 1. The minimum atomic E-state index is 0. The molecule has 0 amide bonds. The van der Waals surface area contributed by atoms with Crippen molar-refractivity contribution in [2.75, 3.05) is 39.8 Å². The SMILES string of the molecule is CCNC(=NCC1CCN(C)CC1)NCCc1ccc(Cl)nc1.I. The standard InChI is InChI=1S/C17H28ClN5.HI/c1-3-19-17(22-13-15-7-10-23(2)11-8-15)20-9-6-14-4-5-16(18)21-12-14;/h4-5,12,15H,3,6-11,13H2,1-2H3,(H2,19,20,22);1H. The van der Waals surface area contributed by atoms with Crippen LogP contribution < -0.4 is 10.6 Å². The van der Waals surface area contributed by atoms with Gasteiger partial charge in [-0.2, -0.15) is 0 Å². The molecule has 0 spiro atoms. The Bertz CT molecular complexity index is 486. The van der Waals surface area contributed by atoms with Gasteiger partial charge in [-0.05, 0) is 63.9 Å². The summed E-state index contributed by atoms with van der Waals surface area (Å²) in [4.78, 5) is 11.2. The maximum Gasteiger partial charge on any atom is 0.191 e. The number of aromatic nitrogens is 1. The first-order valence-electron chi connectivity index (χ1n) is 8.48. The first-order chi connectivity index (χ1) is 11.2. The molecule has 1 aliphatic rings. The zero-order valence-electron chi connectivity index (χ0n) is 14.6. The van der Waals surface area contributed by atoms with Crippen LogP contribution in [0.4, 0.5) is 0 Å². The molecule has 1 aromatic heterocycles. The molecule has 0 aliphatic carbocycles. The van der Waals surface area contributed by atoms with E-state index in [0.717, 1.165) is 32.0 Å². The van der Waals surface area contributed by atoms with Crippen LogP contribution in [-0.4, -0.2) is 55.6 Å². The summed E-state index contributed by atoms with van der Waals surface area (Å²) in [6, 6.07) is 3.84. The summed E-state index contributed by atoms with van der Waals surface area (Å²) in [6.45, 7) is 7.09. The quantitative estimate of drug-likeness (QED) is 0.294. The number of aliphatic imine (C=N–C) groups is 1. The molecule has 2 heterocycles. The monoisotopic (exact) mass is 465 g/mol. The van der Waals surface area contributed by atoms with Gasteiger partial charge in [0.15, 0.2) is 5.96 Å². The van der Waals surface area contributed by atoms with Crippen LogP contribution in [0.3, 0.4) is 0 Å². The lowest BCUT2D eigenvalue weighted by molar-refractivity contribution is 0.223. The summed E-state index contributed by atoms with van der Waals surface area (Å²) in [5.74, 6) is 1.62. The molecule has 5 nitrogen and oxygen atoms in total. The Morgan fingerprint density at radius 1 is 1.33 bits per heavy atom.